The van der Waals surface area contributed by atoms with E-state index in [1.807, 2.05) is 0 Å². The van der Waals surface area contributed by atoms with Gasteiger partial charge in [-0.15, -0.1) is 0 Å². The number of hydrogen-bond acceptors (Lipinski definition) is 5. The van der Waals surface area contributed by atoms with Gasteiger partial charge in [0.1, 0.15) is 0 Å². The fourth-order valence-corrected chi connectivity index (χ4v) is 1.98. The van der Waals surface area contributed by atoms with E-state index >= 15 is 0 Å². The number of nitrogens with zero attached hydrogens (tertiary/aromatic N) is 2. The molecule has 1 aromatic rings. The van der Waals surface area contributed by atoms with E-state index in [4.69, 9.17) is 11.5 Å². The SMILES string of the molecule is NCCCN.O=C1NCCCN1Cc1ccccc1[N+](=O)[O-]. The summed E-state index contributed by atoms with van der Waals surface area (Å²) in [5.41, 5.74) is 10.7. The van der Waals surface area contributed by atoms with Gasteiger partial charge >= 0.3 is 6.03 Å². The van der Waals surface area contributed by atoms with E-state index in [2.05, 4.69) is 5.32 Å². The van der Waals surface area contributed by atoms with Crippen LogP contribution in [-0.2, 0) is 6.54 Å². The molecule has 1 saturated heterocycles. The molecule has 5 N–H and O–H groups in total. The van der Waals surface area contributed by atoms with E-state index in [-0.39, 0.29) is 18.3 Å². The minimum absolute atomic E-state index is 0.0610. The summed E-state index contributed by atoms with van der Waals surface area (Å²) in [5.74, 6) is 0. The first-order valence-electron chi connectivity index (χ1n) is 7.25. The van der Waals surface area contributed by atoms with Gasteiger partial charge in [0.25, 0.3) is 5.69 Å². The molecule has 0 saturated carbocycles. The van der Waals surface area contributed by atoms with Crippen molar-refractivity contribution in [1.82, 2.24) is 10.2 Å². The molecule has 0 radical (unpaired) electrons. The Morgan fingerprint density at radius 2 is 1.95 bits per heavy atom. The van der Waals surface area contributed by atoms with Crippen LogP contribution in [0.5, 0.6) is 0 Å². The van der Waals surface area contributed by atoms with E-state index in [1.165, 1.54) is 6.07 Å². The Morgan fingerprint density at radius 1 is 1.27 bits per heavy atom. The third-order valence-electron chi connectivity index (χ3n) is 3.13. The Labute approximate surface area is 129 Å². The van der Waals surface area contributed by atoms with Gasteiger partial charge in [0.15, 0.2) is 0 Å². The first-order valence-corrected chi connectivity index (χ1v) is 7.25. The van der Waals surface area contributed by atoms with E-state index in [0.29, 0.717) is 18.7 Å². The third kappa shape index (κ3) is 5.66. The zero-order valence-corrected chi connectivity index (χ0v) is 12.5. The van der Waals surface area contributed by atoms with Crippen LogP contribution in [0.2, 0.25) is 0 Å². The van der Waals surface area contributed by atoms with Crippen LogP contribution in [-0.4, -0.2) is 42.0 Å². The van der Waals surface area contributed by atoms with Gasteiger partial charge in [-0.1, -0.05) is 18.2 Å². The van der Waals surface area contributed by atoms with Crippen molar-refractivity contribution in [3.8, 4) is 0 Å². The highest BCUT2D eigenvalue weighted by molar-refractivity contribution is 5.75. The predicted molar refractivity (Wildman–Crippen MR) is 84.2 cm³/mol. The van der Waals surface area contributed by atoms with Crippen molar-refractivity contribution >= 4 is 11.7 Å². The molecule has 0 bridgehead atoms. The van der Waals surface area contributed by atoms with Crippen molar-refractivity contribution in [2.45, 2.75) is 19.4 Å². The Morgan fingerprint density at radius 3 is 2.50 bits per heavy atom. The van der Waals surface area contributed by atoms with Crippen molar-refractivity contribution in [3.05, 3.63) is 39.9 Å². The van der Waals surface area contributed by atoms with E-state index in [1.54, 1.807) is 23.1 Å². The maximum Gasteiger partial charge on any atom is 0.317 e. The number of carbonyl (C=O) groups excluding carboxylic acids is 1. The first-order chi connectivity index (χ1) is 10.6. The first kappa shape index (κ1) is 17.9. The Kier molecular flexibility index (Phi) is 7.87. The molecular formula is C14H23N5O3. The van der Waals surface area contributed by atoms with E-state index in [0.717, 1.165) is 25.9 Å². The zero-order valence-electron chi connectivity index (χ0n) is 12.5. The normalized spacial score (nSPS) is 13.9. The molecule has 22 heavy (non-hydrogen) atoms. The molecule has 0 spiro atoms. The van der Waals surface area contributed by atoms with Crippen LogP contribution < -0.4 is 16.8 Å². The number of urea groups is 1. The molecule has 1 aromatic carbocycles. The van der Waals surface area contributed by atoms with Gasteiger partial charge in [-0.05, 0) is 25.9 Å². The van der Waals surface area contributed by atoms with Crippen molar-refractivity contribution in [3.63, 3.8) is 0 Å². The topological polar surface area (TPSA) is 128 Å². The molecule has 8 heteroatoms. The van der Waals surface area contributed by atoms with Gasteiger partial charge in [-0.3, -0.25) is 10.1 Å². The van der Waals surface area contributed by atoms with Gasteiger partial charge in [0.05, 0.1) is 11.5 Å². The molecule has 2 rings (SSSR count). The van der Waals surface area contributed by atoms with Gasteiger partial charge in [0, 0.05) is 24.7 Å². The minimum Gasteiger partial charge on any atom is -0.338 e. The predicted octanol–water partition coefficient (Wildman–Crippen LogP) is 0.804. The molecule has 0 atom stereocenters. The minimum atomic E-state index is -0.419. The van der Waals surface area contributed by atoms with Crippen LogP contribution in [0.15, 0.2) is 24.3 Å². The zero-order chi connectivity index (χ0) is 16.4. The lowest BCUT2D eigenvalue weighted by Gasteiger charge is -2.27. The number of hydrogen-bond donors (Lipinski definition) is 3. The standard InChI is InChI=1S/C11H13N3O3.C3H10N2/c15-11-12-6-3-7-13(11)8-9-4-1-2-5-10(9)14(16)17;4-2-1-3-5/h1-2,4-5H,3,6-8H2,(H,12,15);1-5H2. The lowest BCUT2D eigenvalue weighted by molar-refractivity contribution is -0.385. The number of nitro benzene ring substituents is 1. The summed E-state index contributed by atoms with van der Waals surface area (Å²) in [7, 11) is 0. The molecule has 8 nitrogen and oxygen atoms in total. The number of nitrogens with one attached hydrogen (secondary N) is 1. The number of benzene rings is 1. The molecule has 2 amide bonds. The second kappa shape index (κ2) is 9.69. The Hall–Kier alpha value is -2.19. The van der Waals surface area contributed by atoms with Crippen LogP contribution in [0, 0.1) is 10.1 Å². The van der Waals surface area contributed by atoms with Crippen LogP contribution >= 0.6 is 0 Å². The number of nitro groups is 1. The molecule has 1 aliphatic heterocycles. The van der Waals surface area contributed by atoms with Crippen LogP contribution in [0.1, 0.15) is 18.4 Å². The summed E-state index contributed by atoms with van der Waals surface area (Å²) >= 11 is 0. The average molecular weight is 309 g/mol. The monoisotopic (exact) mass is 309 g/mol. The van der Waals surface area contributed by atoms with Gasteiger partial charge in [-0.2, -0.15) is 0 Å². The number of nitrogens with two attached hydrogens (primary N) is 2. The van der Waals surface area contributed by atoms with Crippen LogP contribution in [0.3, 0.4) is 0 Å². The molecule has 0 aromatic heterocycles. The van der Waals surface area contributed by atoms with E-state index < -0.39 is 4.92 Å². The highest BCUT2D eigenvalue weighted by Gasteiger charge is 2.21. The Bertz CT molecular complexity index is 493. The van der Waals surface area contributed by atoms with Gasteiger partial charge < -0.3 is 21.7 Å². The molecular weight excluding hydrogens is 286 g/mol. The molecule has 1 aliphatic rings. The highest BCUT2D eigenvalue weighted by Crippen LogP contribution is 2.20. The maximum atomic E-state index is 11.5. The largest absolute Gasteiger partial charge is 0.338 e. The molecule has 0 aliphatic carbocycles. The summed E-state index contributed by atoms with van der Waals surface area (Å²) in [6.07, 6.45) is 1.81. The molecule has 122 valence electrons. The smallest absolute Gasteiger partial charge is 0.317 e. The van der Waals surface area contributed by atoms with Crippen molar-refractivity contribution in [1.29, 1.82) is 0 Å². The fourth-order valence-electron chi connectivity index (χ4n) is 1.98. The van der Waals surface area contributed by atoms with Crippen molar-refractivity contribution in [2.24, 2.45) is 11.5 Å². The summed E-state index contributed by atoms with van der Waals surface area (Å²) in [4.78, 5) is 23.5. The maximum absolute atomic E-state index is 11.5. The van der Waals surface area contributed by atoms with Crippen LogP contribution in [0.25, 0.3) is 0 Å². The van der Waals surface area contributed by atoms with Gasteiger partial charge in [-0.25, -0.2) is 4.79 Å². The average Bonchev–Trinajstić information content (AvgIpc) is 2.51. The van der Waals surface area contributed by atoms with Crippen LogP contribution in [0.4, 0.5) is 10.5 Å². The number of rotatable bonds is 5. The molecule has 1 heterocycles. The van der Waals surface area contributed by atoms with Crippen molar-refractivity contribution < 1.29 is 9.72 Å². The summed E-state index contributed by atoms with van der Waals surface area (Å²) in [6.45, 7) is 3.03. The number of carbonyl (C=O) groups is 1. The fraction of sp³-hybridized carbons (Fsp3) is 0.500. The lowest BCUT2D eigenvalue weighted by atomic mass is 10.1. The van der Waals surface area contributed by atoms with Crippen molar-refractivity contribution in [2.75, 3.05) is 26.2 Å². The summed E-state index contributed by atoms with van der Waals surface area (Å²) in [5, 5.41) is 13.5. The van der Waals surface area contributed by atoms with Gasteiger partial charge in [0.2, 0.25) is 0 Å². The highest BCUT2D eigenvalue weighted by atomic mass is 16.6. The molecule has 0 unspecified atom stereocenters. The van der Waals surface area contributed by atoms with E-state index in [9.17, 15) is 14.9 Å². The molecule has 1 fully saturated rings. The summed E-state index contributed by atoms with van der Waals surface area (Å²) < 4.78 is 0. The lowest BCUT2D eigenvalue weighted by Crippen LogP contribution is -2.45. The summed E-state index contributed by atoms with van der Waals surface area (Å²) in [6, 6.07) is 6.34. The third-order valence-corrected chi connectivity index (χ3v) is 3.13. The number of para-hydroxylation sites is 1. The number of amides is 2. The second-order valence-corrected chi connectivity index (χ2v) is 4.82. The Balaban J connectivity index is 0.000000422. The quantitative estimate of drug-likeness (QED) is 0.547. The second-order valence-electron chi connectivity index (χ2n) is 4.82.